The minimum absolute atomic E-state index is 0.216. The van der Waals surface area contributed by atoms with Crippen LogP contribution in [0.5, 0.6) is 5.75 Å². The van der Waals surface area contributed by atoms with Crippen LogP contribution in [-0.4, -0.2) is 17.7 Å². The van der Waals surface area contributed by atoms with Crippen LogP contribution in [0.1, 0.15) is 17.3 Å². The molecular weight excluding hydrogens is 244 g/mol. The minimum atomic E-state index is -0.958. The van der Waals surface area contributed by atoms with E-state index < -0.39 is 5.97 Å². The zero-order valence-corrected chi connectivity index (χ0v) is 8.74. The van der Waals surface area contributed by atoms with E-state index in [0.29, 0.717) is 12.4 Å². The first kappa shape index (κ1) is 9.54. The second-order valence-corrected chi connectivity index (χ2v) is 4.19. The molecule has 1 aromatic rings. The maximum Gasteiger partial charge on any atom is 0.340 e. The first-order valence-corrected chi connectivity index (χ1v) is 4.97. The van der Waals surface area contributed by atoms with Gasteiger partial charge in [-0.05, 0) is 22.9 Å². The molecule has 1 N–H and O–H groups in total. The van der Waals surface area contributed by atoms with E-state index in [2.05, 4.69) is 15.9 Å². The molecule has 0 bridgehead atoms. The first-order valence-electron chi connectivity index (χ1n) is 3.30. The summed E-state index contributed by atoms with van der Waals surface area (Å²) in [4.78, 5) is 10.6. The van der Waals surface area contributed by atoms with E-state index in [9.17, 15) is 4.79 Å². The molecule has 0 saturated heterocycles. The number of rotatable bonds is 3. The fourth-order valence-electron chi connectivity index (χ4n) is 0.750. The normalized spacial score (nSPS) is 9.83. The number of carbonyl (C=O) groups is 1. The van der Waals surface area contributed by atoms with Gasteiger partial charge in [0.15, 0.2) is 5.75 Å². The van der Waals surface area contributed by atoms with E-state index >= 15 is 0 Å². The van der Waals surface area contributed by atoms with Gasteiger partial charge in [-0.15, -0.1) is 11.3 Å². The van der Waals surface area contributed by atoms with Crippen molar-refractivity contribution in [1.82, 2.24) is 0 Å². The largest absolute Gasteiger partial charge is 0.491 e. The molecule has 0 saturated carbocycles. The van der Waals surface area contributed by atoms with Gasteiger partial charge in [0.1, 0.15) is 9.35 Å². The summed E-state index contributed by atoms with van der Waals surface area (Å²) in [6.07, 6.45) is 0. The molecule has 0 radical (unpaired) electrons. The highest BCUT2D eigenvalue weighted by molar-refractivity contribution is 9.11. The van der Waals surface area contributed by atoms with Crippen LogP contribution in [0.25, 0.3) is 0 Å². The Morgan fingerprint density at radius 1 is 1.83 bits per heavy atom. The van der Waals surface area contributed by atoms with Crippen molar-refractivity contribution in [3.63, 3.8) is 0 Å². The Labute approximate surface area is 82.1 Å². The van der Waals surface area contributed by atoms with E-state index in [-0.39, 0.29) is 5.56 Å². The van der Waals surface area contributed by atoms with Gasteiger partial charge in [-0.3, -0.25) is 0 Å². The van der Waals surface area contributed by atoms with Crippen molar-refractivity contribution in [3.8, 4) is 5.75 Å². The van der Waals surface area contributed by atoms with E-state index in [1.807, 2.05) is 6.92 Å². The van der Waals surface area contributed by atoms with Gasteiger partial charge >= 0.3 is 5.97 Å². The van der Waals surface area contributed by atoms with Gasteiger partial charge in [-0.2, -0.15) is 0 Å². The Morgan fingerprint density at radius 2 is 2.50 bits per heavy atom. The number of aromatic carboxylic acids is 1. The van der Waals surface area contributed by atoms with E-state index in [4.69, 9.17) is 9.84 Å². The SMILES string of the molecule is CCOc1c(C(=O)O)csc1Br. The molecule has 0 atom stereocenters. The average molecular weight is 251 g/mol. The van der Waals surface area contributed by atoms with Gasteiger partial charge in [-0.1, -0.05) is 0 Å². The highest BCUT2D eigenvalue weighted by Gasteiger charge is 2.16. The standard InChI is InChI=1S/C7H7BrO3S/c1-2-11-5-4(7(9)10)3-12-6(5)8/h3H,2H2,1H3,(H,9,10). The van der Waals surface area contributed by atoms with Gasteiger partial charge in [-0.25, -0.2) is 4.79 Å². The third kappa shape index (κ3) is 1.78. The molecule has 0 aliphatic rings. The number of carboxylic acid groups (broad SMARTS) is 1. The fourth-order valence-corrected chi connectivity index (χ4v) is 2.06. The summed E-state index contributed by atoms with van der Waals surface area (Å²) in [6.45, 7) is 2.28. The fraction of sp³-hybridized carbons (Fsp3) is 0.286. The Kier molecular flexibility index (Phi) is 3.11. The first-order chi connectivity index (χ1) is 5.66. The molecule has 1 heterocycles. The smallest absolute Gasteiger partial charge is 0.340 e. The van der Waals surface area contributed by atoms with Crippen molar-refractivity contribution in [2.75, 3.05) is 6.61 Å². The summed E-state index contributed by atoms with van der Waals surface area (Å²) in [5, 5.41) is 10.3. The maximum absolute atomic E-state index is 10.6. The summed E-state index contributed by atoms with van der Waals surface area (Å²) >= 11 is 4.53. The van der Waals surface area contributed by atoms with Gasteiger partial charge in [0.2, 0.25) is 0 Å². The Hall–Kier alpha value is -0.550. The maximum atomic E-state index is 10.6. The van der Waals surface area contributed by atoms with Crippen LogP contribution in [0.3, 0.4) is 0 Å². The number of hydrogen-bond acceptors (Lipinski definition) is 3. The van der Waals surface area contributed by atoms with E-state index in [1.165, 1.54) is 11.3 Å². The lowest BCUT2D eigenvalue weighted by molar-refractivity contribution is 0.0693. The summed E-state index contributed by atoms with van der Waals surface area (Å²) in [7, 11) is 0. The van der Waals surface area contributed by atoms with Crippen LogP contribution in [0.2, 0.25) is 0 Å². The summed E-state index contributed by atoms with van der Waals surface area (Å²) < 4.78 is 5.88. The van der Waals surface area contributed by atoms with Crippen molar-refractivity contribution in [3.05, 3.63) is 14.7 Å². The molecule has 12 heavy (non-hydrogen) atoms. The van der Waals surface area contributed by atoms with E-state index in [1.54, 1.807) is 5.38 Å². The molecule has 66 valence electrons. The Balaban J connectivity index is 3.03. The lowest BCUT2D eigenvalue weighted by Gasteiger charge is -2.01. The molecule has 0 aromatic carbocycles. The monoisotopic (exact) mass is 250 g/mol. The molecule has 0 amide bonds. The topological polar surface area (TPSA) is 46.5 Å². The summed E-state index contributed by atoms with van der Waals surface area (Å²) in [5.74, 6) is -0.532. The van der Waals surface area contributed by atoms with Gasteiger partial charge in [0.25, 0.3) is 0 Å². The van der Waals surface area contributed by atoms with Crippen LogP contribution >= 0.6 is 27.3 Å². The van der Waals surface area contributed by atoms with Gasteiger partial charge < -0.3 is 9.84 Å². The van der Waals surface area contributed by atoms with Crippen LogP contribution < -0.4 is 4.74 Å². The third-order valence-corrected chi connectivity index (χ3v) is 2.89. The number of thiophene rings is 1. The van der Waals surface area contributed by atoms with Crippen molar-refractivity contribution in [2.45, 2.75) is 6.92 Å². The molecule has 5 heteroatoms. The summed E-state index contributed by atoms with van der Waals surface area (Å²) in [5.41, 5.74) is 0.216. The molecule has 1 rings (SSSR count). The minimum Gasteiger partial charge on any atom is -0.491 e. The van der Waals surface area contributed by atoms with Gasteiger partial charge in [0.05, 0.1) is 6.61 Å². The van der Waals surface area contributed by atoms with Crippen LogP contribution in [0.4, 0.5) is 0 Å². The molecule has 0 aliphatic carbocycles. The third-order valence-electron chi connectivity index (χ3n) is 1.22. The van der Waals surface area contributed by atoms with Crippen molar-refractivity contribution < 1.29 is 14.6 Å². The van der Waals surface area contributed by atoms with Crippen LogP contribution in [0.15, 0.2) is 9.17 Å². The second kappa shape index (κ2) is 3.91. The van der Waals surface area contributed by atoms with Crippen LogP contribution in [-0.2, 0) is 0 Å². The highest BCUT2D eigenvalue weighted by atomic mass is 79.9. The van der Waals surface area contributed by atoms with Crippen molar-refractivity contribution in [2.24, 2.45) is 0 Å². The average Bonchev–Trinajstić information content (AvgIpc) is 2.34. The predicted octanol–water partition coefficient (Wildman–Crippen LogP) is 2.61. The molecule has 0 aliphatic heterocycles. The van der Waals surface area contributed by atoms with Crippen molar-refractivity contribution in [1.29, 1.82) is 0 Å². The number of halogens is 1. The predicted molar refractivity (Wildman–Crippen MR) is 50.1 cm³/mol. The zero-order chi connectivity index (χ0) is 9.14. The number of hydrogen-bond donors (Lipinski definition) is 1. The molecule has 1 aromatic heterocycles. The zero-order valence-electron chi connectivity index (χ0n) is 6.33. The van der Waals surface area contributed by atoms with Crippen LogP contribution in [0, 0.1) is 0 Å². The van der Waals surface area contributed by atoms with Gasteiger partial charge in [0, 0.05) is 5.38 Å². The molecule has 0 fully saturated rings. The van der Waals surface area contributed by atoms with Crippen molar-refractivity contribution >= 4 is 33.2 Å². The highest BCUT2D eigenvalue weighted by Crippen LogP contribution is 2.35. The molecule has 0 spiro atoms. The Morgan fingerprint density at radius 3 is 3.00 bits per heavy atom. The quantitative estimate of drug-likeness (QED) is 0.898. The number of ether oxygens (including phenoxy) is 1. The Bertz CT molecular complexity index is 295. The molecule has 0 unspecified atom stereocenters. The molecular formula is C7H7BrO3S. The second-order valence-electron chi connectivity index (χ2n) is 1.99. The lowest BCUT2D eigenvalue weighted by Crippen LogP contribution is -1.99. The van der Waals surface area contributed by atoms with E-state index in [0.717, 1.165) is 3.79 Å². The summed E-state index contributed by atoms with van der Waals surface area (Å²) in [6, 6.07) is 0. The number of carboxylic acids is 1. The molecule has 3 nitrogen and oxygen atoms in total. The lowest BCUT2D eigenvalue weighted by atomic mass is 10.3.